The first-order valence-electron chi connectivity index (χ1n) is 7.10. The minimum Gasteiger partial charge on any atom is -0.459 e. The number of nitrogens with one attached hydrogen (secondary N) is 1. The molecule has 0 saturated heterocycles. The molecule has 0 radical (unpaired) electrons. The van der Waals surface area contributed by atoms with E-state index in [9.17, 15) is 4.79 Å². The second-order valence-corrected chi connectivity index (χ2v) is 6.24. The number of ether oxygens (including phenoxy) is 1. The maximum absolute atomic E-state index is 11.8. The number of carbonyl (C=O) groups excluding carboxylic acids is 1. The molecule has 3 rings (SSSR count). The number of fused-ring (bicyclic) bond motifs is 1. The first-order chi connectivity index (χ1) is 10.9. The van der Waals surface area contributed by atoms with Crippen molar-refractivity contribution in [2.75, 3.05) is 0 Å². The predicted molar refractivity (Wildman–Crippen MR) is 92.1 cm³/mol. The maximum Gasteiger partial charge on any atom is 0.338 e. The van der Waals surface area contributed by atoms with Crippen LogP contribution in [0.4, 0.5) is 0 Å². The molecule has 2 aromatic carbocycles. The Morgan fingerprint density at radius 2 is 1.87 bits per heavy atom. The third kappa shape index (κ3) is 3.33. The largest absolute Gasteiger partial charge is 0.459 e. The number of esters is 1. The van der Waals surface area contributed by atoms with Crippen molar-refractivity contribution in [3.63, 3.8) is 0 Å². The van der Waals surface area contributed by atoms with Crippen LogP contribution in [-0.2, 0) is 4.74 Å². The molecule has 0 spiro atoms. The zero-order valence-corrected chi connectivity index (χ0v) is 14.1. The zero-order chi connectivity index (χ0) is 16.6. The highest BCUT2D eigenvalue weighted by Gasteiger charge is 2.12. The summed E-state index contributed by atoms with van der Waals surface area (Å²) in [4.78, 5) is 19.5. The number of aromatic nitrogens is 2. The van der Waals surface area contributed by atoms with Crippen LogP contribution in [0, 0.1) is 0 Å². The fourth-order valence-electron chi connectivity index (χ4n) is 2.23. The number of nitrogens with zero attached hydrogens (tertiary/aromatic N) is 1. The molecular weight excluding hydrogens is 335 g/mol. The summed E-state index contributed by atoms with van der Waals surface area (Å²) < 4.78 is 5.16. The molecule has 0 bridgehead atoms. The third-order valence-corrected chi connectivity index (χ3v) is 3.75. The molecular formula is C17H14Cl2N2O2. The minimum absolute atomic E-state index is 0.149. The van der Waals surface area contributed by atoms with Gasteiger partial charge in [-0.2, -0.15) is 0 Å². The lowest BCUT2D eigenvalue weighted by Crippen LogP contribution is -2.11. The molecule has 0 aliphatic heterocycles. The predicted octanol–water partition coefficient (Wildman–Crippen LogP) is 5.10. The van der Waals surface area contributed by atoms with Gasteiger partial charge in [0, 0.05) is 10.6 Å². The van der Waals surface area contributed by atoms with E-state index in [0.717, 1.165) is 11.1 Å². The van der Waals surface area contributed by atoms with Gasteiger partial charge in [-0.05, 0) is 38.1 Å². The monoisotopic (exact) mass is 348 g/mol. The minimum atomic E-state index is -0.342. The van der Waals surface area contributed by atoms with E-state index in [4.69, 9.17) is 27.9 Å². The number of aromatic amines is 1. The van der Waals surface area contributed by atoms with E-state index in [1.807, 2.05) is 26.0 Å². The lowest BCUT2D eigenvalue weighted by atomic mass is 10.1. The summed E-state index contributed by atoms with van der Waals surface area (Å²) in [5, 5.41) is 1.04. The van der Waals surface area contributed by atoms with Gasteiger partial charge in [0.15, 0.2) is 0 Å². The van der Waals surface area contributed by atoms with Gasteiger partial charge in [0.1, 0.15) is 11.3 Å². The van der Waals surface area contributed by atoms with Crippen molar-refractivity contribution in [2.45, 2.75) is 20.0 Å². The van der Waals surface area contributed by atoms with Crippen LogP contribution in [0.3, 0.4) is 0 Å². The van der Waals surface area contributed by atoms with Gasteiger partial charge in [0.2, 0.25) is 0 Å². The number of imidazole rings is 1. The normalized spacial score (nSPS) is 11.2. The molecule has 0 aliphatic rings. The second kappa shape index (κ2) is 6.22. The maximum atomic E-state index is 11.8. The van der Waals surface area contributed by atoms with Crippen LogP contribution in [-0.4, -0.2) is 22.0 Å². The molecule has 3 aromatic rings. The summed E-state index contributed by atoms with van der Waals surface area (Å²) in [6, 6.07) is 10.5. The molecule has 4 nitrogen and oxygen atoms in total. The molecule has 6 heteroatoms. The van der Waals surface area contributed by atoms with Crippen LogP contribution in [0.1, 0.15) is 24.2 Å². The van der Waals surface area contributed by atoms with E-state index in [1.165, 1.54) is 0 Å². The molecule has 0 saturated carbocycles. The molecule has 1 N–H and O–H groups in total. The fourth-order valence-corrected chi connectivity index (χ4v) is 2.76. The van der Waals surface area contributed by atoms with Gasteiger partial charge >= 0.3 is 5.97 Å². The Morgan fingerprint density at radius 1 is 1.17 bits per heavy atom. The van der Waals surface area contributed by atoms with Crippen molar-refractivity contribution in [3.8, 4) is 11.4 Å². The molecule has 1 heterocycles. The summed E-state index contributed by atoms with van der Waals surface area (Å²) in [5.74, 6) is 0.318. The second-order valence-electron chi connectivity index (χ2n) is 5.40. The van der Waals surface area contributed by atoms with E-state index >= 15 is 0 Å². The lowest BCUT2D eigenvalue weighted by Gasteiger charge is -2.07. The molecule has 1 aromatic heterocycles. The summed E-state index contributed by atoms with van der Waals surface area (Å²) in [7, 11) is 0. The van der Waals surface area contributed by atoms with Crippen molar-refractivity contribution in [2.24, 2.45) is 0 Å². The van der Waals surface area contributed by atoms with Gasteiger partial charge in [-0.25, -0.2) is 9.78 Å². The highest BCUT2D eigenvalue weighted by atomic mass is 35.5. The van der Waals surface area contributed by atoms with Gasteiger partial charge in [0.05, 0.1) is 22.2 Å². The Hall–Kier alpha value is -2.04. The SMILES string of the molecule is CC(C)OC(=O)c1ccc(-c2nc3c(Cl)cc(Cl)cc3[nH]2)cc1. The van der Waals surface area contributed by atoms with E-state index in [2.05, 4.69) is 9.97 Å². The summed E-state index contributed by atoms with van der Waals surface area (Å²) >= 11 is 12.1. The van der Waals surface area contributed by atoms with Crippen LogP contribution in [0.2, 0.25) is 10.0 Å². The third-order valence-electron chi connectivity index (χ3n) is 3.24. The van der Waals surface area contributed by atoms with Crippen LogP contribution >= 0.6 is 23.2 Å². The molecule has 23 heavy (non-hydrogen) atoms. The summed E-state index contributed by atoms with van der Waals surface area (Å²) in [6.45, 7) is 3.63. The van der Waals surface area contributed by atoms with Gasteiger partial charge in [-0.3, -0.25) is 0 Å². The van der Waals surface area contributed by atoms with Crippen LogP contribution in [0.15, 0.2) is 36.4 Å². The molecule has 0 amide bonds. The Morgan fingerprint density at radius 3 is 2.52 bits per heavy atom. The van der Waals surface area contributed by atoms with E-state index < -0.39 is 0 Å². The summed E-state index contributed by atoms with van der Waals surface area (Å²) in [6.07, 6.45) is -0.149. The average molecular weight is 349 g/mol. The van der Waals surface area contributed by atoms with Gasteiger partial charge in [-0.1, -0.05) is 35.3 Å². The number of halogens is 2. The van der Waals surface area contributed by atoms with E-state index in [0.29, 0.717) is 26.9 Å². The van der Waals surface area contributed by atoms with Gasteiger partial charge in [-0.15, -0.1) is 0 Å². The van der Waals surface area contributed by atoms with E-state index in [1.54, 1.807) is 24.3 Å². The Labute approximate surface area is 143 Å². The highest BCUT2D eigenvalue weighted by molar-refractivity contribution is 6.38. The Balaban J connectivity index is 1.93. The molecule has 0 fully saturated rings. The van der Waals surface area contributed by atoms with Gasteiger partial charge < -0.3 is 9.72 Å². The quantitative estimate of drug-likeness (QED) is 0.669. The molecule has 118 valence electrons. The number of H-pyrrole nitrogens is 1. The average Bonchev–Trinajstić information content (AvgIpc) is 2.91. The number of hydrogen-bond donors (Lipinski definition) is 1. The number of carbonyl (C=O) groups is 1. The first kappa shape index (κ1) is 15.8. The number of benzene rings is 2. The van der Waals surface area contributed by atoms with E-state index in [-0.39, 0.29) is 12.1 Å². The zero-order valence-electron chi connectivity index (χ0n) is 12.6. The Bertz CT molecular complexity index is 870. The van der Waals surface area contributed by atoms with Crippen molar-refractivity contribution >= 4 is 40.2 Å². The molecule has 0 aliphatic carbocycles. The molecule has 0 atom stereocenters. The van der Waals surface area contributed by atoms with Crippen LogP contribution in [0.5, 0.6) is 0 Å². The Kier molecular flexibility index (Phi) is 4.28. The van der Waals surface area contributed by atoms with Crippen molar-refractivity contribution < 1.29 is 9.53 Å². The highest BCUT2D eigenvalue weighted by Crippen LogP contribution is 2.29. The lowest BCUT2D eigenvalue weighted by molar-refractivity contribution is 0.0378. The first-order valence-corrected chi connectivity index (χ1v) is 7.86. The van der Waals surface area contributed by atoms with Crippen LogP contribution in [0.25, 0.3) is 22.4 Å². The van der Waals surface area contributed by atoms with Crippen molar-refractivity contribution in [1.29, 1.82) is 0 Å². The smallest absolute Gasteiger partial charge is 0.338 e. The van der Waals surface area contributed by atoms with Gasteiger partial charge in [0.25, 0.3) is 0 Å². The summed E-state index contributed by atoms with van der Waals surface area (Å²) in [5.41, 5.74) is 2.77. The topological polar surface area (TPSA) is 55.0 Å². The number of rotatable bonds is 3. The van der Waals surface area contributed by atoms with Crippen molar-refractivity contribution in [1.82, 2.24) is 9.97 Å². The van der Waals surface area contributed by atoms with Crippen LogP contribution < -0.4 is 0 Å². The standard InChI is InChI=1S/C17H14Cl2N2O2/c1-9(2)23-17(22)11-5-3-10(4-6-11)16-20-14-8-12(18)7-13(19)15(14)21-16/h3-9H,1-2H3,(H,20,21). The number of hydrogen-bond acceptors (Lipinski definition) is 3. The fraction of sp³-hybridized carbons (Fsp3) is 0.176. The molecule has 0 unspecified atom stereocenters. The van der Waals surface area contributed by atoms with Crippen molar-refractivity contribution in [3.05, 3.63) is 52.0 Å².